The standard InChI is InChI=1S/C11H8N2O3/c1-16-9(6-12)13-10(14)7-4-2-3-5-8(7)11(13)15/h2-5,9H,1H3. The number of ether oxygens (including phenoxy) is 1. The van der Waals surface area contributed by atoms with Gasteiger partial charge in [0.1, 0.15) is 6.07 Å². The van der Waals surface area contributed by atoms with Crippen LogP contribution in [-0.4, -0.2) is 30.1 Å². The lowest BCUT2D eigenvalue weighted by molar-refractivity contribution is 0.0152. The summed E-state index contributed by atoms with van der Waals surface area (Å²) in [6.07, 6.45) is -1.17. The Balaban J connectivity index is 2.47. The molecule has 0 fully saturated rings. The number of nitriles is 1. The Bertz CT molecular complexity index is 469. The minimum Gasteiger partial charge on any atom is -0.348 e. The molecule has 5 nitrogen and oxygen atoms in total. The third-order valence-corrected chi connectivity index (χ3v) is 2.39. The summed E-state index contributed by atoms with van der Waals surface area (Å²) < 4.78 is 4.78. The van der Waals surface area contributed by atoms with Crippen molar-refractivity contribution in [3.8, 4) is 6.07 Å². The zero-order chi connectivity index (χ0) is 11.7. The molecule has 2 amide bonds. The van der Waals surface area contributed by atoms with Crippen molar-refractivity contribution in [1.29, 1.82) is 5.26 Å². The van der Waals surface area contributed by atoms with Crippen LogP contribution in [0.3, 0.4) is 0 Å². The first-order valence-corrected chi connectivity index (χ1v) is 4.60. The first kappa shape index (κ1) is 10.3. The van der Waals surface area contributed by atoms with Gasteiger partial charge >= 0.3 is 0 Å². The molecule has 0 saturated carbocycles. The second kappa shape index (κ2) is 3.76. The van der Waals surface area contributed by atoms with Gasteiger partial charge in [-0.15, -0.1) is 0 Å². The van der Waals surface area contributed by atoms with E-state index in [1.165, 1.54) is 7.11 Å². The second-order valence-electron chi connectivity index (χ2n) is 3.24. The van der Waals surface area contributed by atoms with Crippen LogP contribution in [0.1, 0.15) is 20.7 Å². The summed E-state index contributed by atoms with van der Waals surface area (Å²) in [5.41, 5.74) is 0.620. The van der Waals surface area contributed by atoms with E-state index < -0.39 is 18.0 Å². The lowest BCUT2D eigenvalue weighted by atomic mass is 10.1. The lowest BCUT2D eigenvalue weighted by Crippen LogP contribution is -2.40. The molecule has 1 unspecified atom stereocenters. The van der Waals surface area contributed by atoms with Crippen LogP contribution in [0.5, 0.6) is 0 Å². The highest BCUT2D eigenvalue weighted by atomic mass is 16.5. The summed E-state index contributed by atoms with van der Waals surface area (Å²) in [5, 5.41) is 8.78. The third-order valence-electron chi connectivity index (χ3n) is 2.39. The maximum absolute atomic E-state index is 11.8. The molecule has 16 heavy (non-hydrogen) atoms. The highest BCUT2D eigenvalue weighted by molar-refractivity contribution is 6.21. The highest BCUT2D eigenvalue weighted by Crippen LogP contribution is 2.24. The van der Waals surface area contributed by atoms with E-state index in [4.69, 9.17) is 10.00 Å². The number of imide groups is 1. The third kappa shape index (κ3) is 1.28. The van der Waals surface area contributed by atoms with Gasteiger partial charge in [0.05, 0.1) is 11.1 Å². The van der Waals surface area contributed by atoms with E-state index in [0.717, 1.165) is 4.90 Å². The van der Waals surface area contributed by atoms with Crippen LogP contribution in [0, 0.1) is 11.3 Å². The van der Waals surface area contributed by atoms with Crippen LogP contribution in [0.25, 0.3) is 0 Å². The molecular weight excluding hydrogens is 208 g/mol. The van der Waals surface area contributed by atoms with Gasteiger partial charge in [0.2, 0.25) is 6.23 Å². The normalized spacial score (nSPS) is 15.9. The number of carbonyl (C=O) groups is 2. The molecule has 0 aromatic heterocycles. The van der Waals surface area contributed by atoms with Gasteiger partial charge in [0.15, 0.2) is 0 Å². The number of rotatable bonds is 2. The molecule has 1 heterocycles. The van der Waals surface area contributed by atoms with E-state index >= 15 is 0 Å². The Morgan fingerprint density at radius 3 is 2.12 bits per heavy atom. The molecule has 1 atom stereocenters. The van der Waals surface area contributed by atoms with Crippen molar-refractivity contribution < 1.29 is 14.3 Å². The summed E-state index contributed by atoms with van der Waals surface area (Å²) in [4.78, 5) is 24.5. The number of hydrogen-bond acceptors (Lipinski definition) is 4. The monoisotopic (exact) mass is 216 g/mol. The molecule has 1 aromatic rings. The van der Waals surface area contributed by atoms with Crippen molar-refractivity contribution in [3.63, 3.8) is 0 Å². The molecule has 0 N–H and O–H groups in total. The Labute approximate surface area is 91.8 Å². The van der Waals surface area contributed by atoms with Gasteiger partial charge in [-0.3, -0.25) is 9.59 Å². The highest BCUT2D eigenvalue weighted by Gasteiger charge is 2.40. The van der Waals surface area contributed by atoms with Crippen molar-refractivity contribution >= 4 is 11.8 Å². The smallest absolute Gasteiger partial charge is 0.264 e. The summed E-state index contributed by atoms with van der Waals surface area (Å²) >= 11 is 0. The van der Waals surface area contributed by atoms with Gasteiger partial charge in [-0.2, -0.15) is 5.26 Å². The van der Waals surface area contributed by atoms with E-state index in [0.29, 0.717) is 11.1 Å². The van der Waals surface area contributed by atoms with Crippen LogP contribution < -0.4 is 0 Å². The van der Waals surface area contributed by atoms with Crippen molar-refractivity contribution in [1.82, 2.24) is 4.90 Å². The summed E-state index contributed by atoms with van der Waals surface area (Å²) in [6, 6.07) is 8.20. The van der Waals surface area contributed by atoms with Gasteiger partial charge in [0.25, 0.3) is 11.8 Å². The molecule has 5 heteroatoms. The molecule has 0 radical (unpaired) electrons. The number of benzene rings is 1. The molecular formula is C11H8N2O3. The quantitative estimate of drug-likeness (QED) is 0.685. The topological polar surface area (TPSA) is 70.4 Å². The summed E-state index contributed by atoms with van der Waals surface area (Å²) in [7, 11) is 1.28. The molecule has 1 aliphatic rings. The summed E-state index contributed by atoms with van der Waals surface area (Å²) in [5.74, 6) is -0.983. The predicted molar refractivity (Wildman–Crippen MR) is 53.4 cm³/mol. The zero-order valence-corrected chi connectivity index (χ0v) is 8.51. The van der Waals surface area contributed by atoms with E-state index in [2.05, 4.69) is 0 Å². The van der Waals surface area contributed by atoms with E-state index in [1.54, 1.807) is 30.3 Å². The fourth-order valence-electron chi connectivity index (χ4n) is 1.64. The van der Waals surface area contributed by atoms with Crippen LogP contribution in [0.2, 0.25) is 0 Å². The van der Waals surface area contributed by atoms with Gasteiger partial charge in [-0.25, -0.2) is 4.90 Å². The zero-order valence-electron chi connectivity index (χ0n) is 8.51. The number of hydrogen-bond donors (Lipinski definition) is 0. The van der Waals surface area contributed by atoms with Crippen LogP contribution in [0.4, 0.5) is 0 Å². The number of methoxy groups -OCH3 is 1. The minimum absolute atomic E-state index is 0.310. The SMILES string of the molecule is COC(C#N)N1C(=O)c2ccccc2C1=O. The van der Waals surface area contributed by atoms with Gasteiger partial charge in [-0.05, 0) is 12.1 Å². The molecule has 1 aromatic carbocycles. The number of fused-ring (bicyclic) bond motifs is 1. The average Bonchev–Trinajstić information content (AvgIpc) is 2.57. The maximum atomic E-state index is 11.8. The van der Waals surface area contributed by atoms with Gasteiger partial charge < -0.3 is 4.74 Å². The Morgan fingerprint density at radius 2 is 1.75 bits per heavy atom. The first-order chi connectivity index (χ1) is 7.70. The minimum atomic E-state index is -1.17. The van der Waals surface area contributed by atoms with E-state index in [-0.39, 0.29) is 0 Å². The fourth-order valence-corrected chi connectivity index (χ4v) is 1.64. The van der Waals surface area contributed by atoms with Crippen molar-refractivity contribution in [3.05, 3.63) is 35.4 Å². The number of carbonyl (C=O) groups excluding carboxylic acids is 2. The number of nitrogens with zero attached hydrogens (tertiary/aromatic N) is 2. The molecule has 2 rings (SSSR count). The summed E-state index contributed by atoms with van der Waals surface area (Å²) in [6.45, 7) is 0. The van der Waals surface area contributed by atoms with Crippen LogP contribution in [0.15, 0.2) is 24.3 Å². The second-order valence-corrected chi connectivity index (χ2v) is 3.24. The Morgan fingerprint density at radius 1 is 1.25 bits per heavy atom. The first-order valence-electron chi connectivity index (χ1n) is 4.60. The molecule has 0 bridgehead atoms. The van der Waals surface area contributed by atoms with E-state index in [9.17, 15) is 9.59 Å². The Hall–Kier alpha value is -2.19. The predicted octanol–water partition coefficient (Wildman–Crippen LogP) is 0.779. The lowest BCUT2D eigenvalue weighted by Gasteiger charge is -2.17. The molecule has 0 aliphatic carbocycles. The van der Waals surface area contributed by atoms with E-state index in [1.807, 2.05) is 0 Å². The van der Waals surface area contributed by atoms with Crippen LogP contribution in [-0.2, 0) is 4.74 Å². The maximum Gasteiger partial charge on any atom is 0.264 e. The Kier molecular flexibility index (Phi) is 2.43. The van der Waals surface area contributed by atoms with Crippen molar-refractivity contribution in [2.75, 3.05) is 7.11 Å². The van der Waals surface area contributed by atoms with Crippen molar-refractivity contribution in [2.24, 2.45) is 0 Å². The average molecular weight is 216 g/mol. The molecule has 0 saturated heterocycles. The van der Waals surface area contributed by atoms with Gasteiger partial charge in [-0.1, -0.05) is 12.1 Å². The fraction of sp³-hybridized carbons (Fsp3) is 0.182. The van der Waals surface area contributed by atoms with Crippen molar-refractivity contribution in [2.45, 2.75) is 6.23 Å². The largest absolute Gasteiger partial charge is 0.348 e. The molecule has 1 aliphatic heterocycles. The van der Waals surface area contributed by atoms with Crippen LogP contribution >= 0.6 is 0 Å². The van der Waals surface area contributed by atoms with Gasteiger partial charge in [0, 0.05) is 7.11 Å². The molecule has 0 spiro atoms. The number of amides is 2. The molecule has 80 valence electrons.